The normalized spacial score (nSPS) is 12.2. The first kappa shape index (κ1) is 21.7. The summed E-state index contributed by atoms with van der Waals surface area (Å²) in [6, 6.07) is 12.1. The van der Waals surface area contributed by atoms with Crippen molar-refractivity contribution in [2.45, 2.75) is 14.7 Å². The summed E-state index contributed by atoms with van der Waals surface area (Å²) in [5.74, 6) is -1.28. The van der Waals surface area contributed by atoms with Crippen molar-refractivity contribution < 1.29 is 9.59 Å². The van der Waals surface area contributed by atoms with Crippen LogP contribution in [0.1, 0.15) is 10.4 Å². The van der Waals surface area contributed by atoms with Gasteiger partial charge in [0.25, 0.3) is 11.8 Å². The van der Waals surface area contributed by atoms with E-state index < -0.39 is 21.6 Å². The Morgan fingerprint density at radius 1 is 1.17 bits per heavy atom. The van der Waals surface area contributed by atoms with Crippen molar-refractivity contribution >= 4 is 85.1 Å². The molecule has 0 saturated carbocycles. The average Bonchev–Trinajstić information content (AvgIpc) is 3.07. The number of aromatic nitrogens is 1. The van der Waals surface area contributed by atoms with Crippen LogP contribution in [0, 0.1) is 10.7 Å². The van der Waals surface area contributed by atoms with Crippen LogP contribution in [0.4, 0.5) is 5.13 Å². The monoisotopic (exact) mass is 484 g/mol. The summed E-state index contributed by atoms with van der Waals surface area (Å²) in [6.45, 7) is 0. The van der Waals surface area contributed by atoms with Crippen molar-refractivity contribution in [2.24, 2.45) is 0 Å². The van der Waals surface area contributed by atoms with Crippen LogP contribution in [-0.2, 0) is 4.79 Å². The van der Waals surface area contributed by atoms with E-state index in [0.717, 1.165) is 21.4 Å². The Morgan fingerprint density at radius 3 is 2.55 bits per heavy atom. The number of thiocyanates is 1. The number of amides is 2. The number of benzene rings is 2. The lowest BCUT2D eigenvalue weighted by Gasteiger charge is -2.24. The largest absolute Gasteiger partial charge is 0.337 e. The fourth-order valence-electron chi connectivity index (χ4n) is 2.35. The topological polar surface area (TPSA) is 94.9 Å². The fourth-order valence-corrected chi connectivity index (χ4v) is 4.21. The molecule has 1 heterocycles. The number of anilines is 1. The second-order valence-electron chi connectivity index (χ2n) is 5.65. The summed E-state index contributed by atoms with van der Waals surface area (Å²) in [5, 5.41) is 16.1. The second-order valence-corrected chi connectivity index (χ2v) is 9.90. The number of hydrogen-bond donors (Lipinski definition) is 2. The van der Waals surface area contributed by atoms with Gasteiger partial charge in [0.15, 0.2) is 11.2 Å². The number of rotatable bonds is 5. The zero-order chi connectivity index (χ0) is 21.0. The van der Waals surface area contributed by atoms with E-state index in [9.17, 15) is 9.59 Å². The molecule has 2 amide bonds. The third-order valence-electron chi connectivity index (χ3n) is 3.65. The summed E-state index contributed by atoms with van der Waals surface area (Å²) in [4.78, 5) is 30.2. The Hall–Kier alpha value is -2.02. The van der Waals surface area contributed by atoms with Crippen molar-refractivity contribution in [2.75, 3.05) is 5.32 Å². The number of nitriles is 1. The Labute approximate surface area is 189 Å². The Kier molecular flexibility index (Phi) is 6.88. The summed E-state index contributed by atoms with van der Waals surface area (Å²) < 4.78 is -1.30. The van der Waals surface area contributed by atoms with E-state index in [0.29, 0.717) is 11.1 Å². The molecule has 29 heavy (non-hydrogen) atoms. The fraction of sp³-hybridized carbons (Fsp3) is 0.111. The number of hydrogen-bond acceptors (Lipinski definition) is 6. The molecule has 2 aromatic carbocycles. The van der Waals surface area contributed by atoms with E-state index in [2.05, 4.69) is 15.6 Å². The molecule has 1 atom stereocenters. The number of alkyl halides is 3. The van der Waals surface area contributed by atoms with Crippen LogP contribution in [0.25, 0.3) is 10.2 Å². The lowest BCUT2D eigenvalue weighted by Crippen LogP contribution is -2.51. The van der Waals surface area contributed by atoms with Gasteiger partial charge in [-0.2, -0.15) is 5.26 Å². The SMILES string of the molecule is N#CSc1ccc2nc(NC(=O)[C@@H](NC(=O)c3ccccc3)C(Cl)(Cl)Cl)sc2c1. The molecule has 1 aromatic heterocycles. The average molecular weight is 486 g/mol. The number of carbonyl (C=O) groups is 2. The minimum Gasteiger partial charge on any atom is -0.337 e. The first-order valence-electron chi connectivity index (χ1n) is 7.98. The molecule has 148 valence electrons. The van der Waals surface area contributed by atoms with Gasteiger partial charge in [-0.05, 0) is 42.1 Å². The van der Waals surface area contributed by atoms with Crippen molar-refractivity contribution in [3.8, 4) is 5.40 Å². The number of fused-ring (bicyclic) bond motifs is 1. The van der Waals surface area contributed by atoms with Gasteiger partial charge in [0.05, 0.1) is 10.2 Å². The molecular weight excluding hydrogens is 475 g/mol. The zero-order valence-corrected chi connectivity index (χ0v) is 18.3. The first-order valence-corrected chi connectivity index (χ1v) is 10.7. The number of halogens is 3. The number of carbonyl (C=O) groups excluding carboxylic acids is 2. The predicted octanol–water partition coefficient (Wildman–Crippen LogP) is 4.98. The molecule has 3 rings (SSSR count). The molecule has 3 aromatic rings. The molecule has 11 heteroatoms. The van der Waals surface area contributed by atoms with Gasteiger partial charge in [0.2, 0.25) is 3.79 Å². The third-order valence-corrected chi connectivity index (χ3v) is 5.82. The van der Waals surface area contributed by atoms with Gasteiger partial charge in [0.1, 0.15) is 5.40 Å². The highest BCUT2D eigenvalue weighted by molar-refractivity contribution is 8.03. The molecular formula is C18H11Cl3N4O2S2. The molecule has 6 nitrogen and oxygen atoms in total. The van der Waals surface area contributed by atoms with Gasteiger partial charge in [0, 0.05) is 10.5 Å². The number of nitrogens with zero attached hydrogens (tertiary/aromatic N) is 2. The second kappa shape index (κ2) is 9.20. The quantitative estimate of drug-likeness (QED) is 0.302. The van der Waals surface area contributed by atoms with Crippen LogP contribution in [0.3, 0.4) is 0 Å². The molecule has 0 fully saturated rings. The van der Waals surface area contributed by atoms with Crippen molar-refractivity contribution in [3.05, 3.63) is 54.1 Å². The molecule has 2 N–H and O–H groups in total. The first-order chi connectivity index (χ1) is 13.8. The Bertz CT molecular complexity index is 1090. The predicted molar refractivity (Wildman–Crippen MR) is 118 cm³/mol. The van der Waals surface area contributed by atoms with Crippen LogP contribution in [-0.4, -0.2) is 26.6 Å². The Morgan fingerprint density at radius 2 is 1.90 bits per heavy atom. The maximum Gasteiger partial charge on any atom is 0.253 e. The molecule has 0 saturated heterocycles. The van der Waals surface area contributed by atoms with Crippen LogP contribution in [0.15, 0.2) is 53.4 Å². The van der Waals surface area contributed by atoms with Crippen molar-refractivity contribution in [3.63, 3.8) is 0 Å². The molecule has 0 unspecified atom stereocenters. The van der Waals surface area contributed by atoms with E-state index in [1.54, 1.807) is 48.5 Å². The molecule has 0 aliphatic carbocycles. The van der Waals surface area contributed by atoms with E-state index >= 15 is 0 Å². The summed E-state index contributed by atoms with van der Waals surface area (Å²) in [5.41, 5.74) is 0.966. The van der Waals surface area contributed by atoms with Crippen LogP contribution >= 0.6 is 57.9 Å². The maximum absolute atomic E-state index is 12.7. The molecule has 0 spiro atoms. The summed E-state index contributed by atoms with van der Waals surface area (Å²) in [7, 11) is 0. The van der Waals surface area contributed by atoms with E-state index in [1.807, 2.05) is 5.40 Å². The Balaban J connectivity index is 1.79. The molecule has 0 bridgehead atoms. The number of thiazole rings is 1. The number of thioether (sulfide) groups is 1. The van der Waals surface area contributed by atoms with Gasteiger partial charge >= 0.3 is 0 Å². The van der Waals surface area contributed by atoms with Gasteiger partial charge < -0.3 is 5.32 Å². The van der Waals surface area contributed by atoms with Gasteiger partial charge in [-0.3, -0.25) is 14.9 Å². The molecule has 0 aliphatic rings. The highest BCUT2D eigenvalue weighted by Gasteiger charge is 2.40. The van der Waals surface area contributed by atoms with Gasteiger partial charge in [-0.1, -0.05) is 64.3 Å². The van der Waals surface area contributed by atoms with Crippen molar-refractivity contribution in [1.82, 2.24) is 10.3 Å². The lowest BCUT2D eigenvalue weighted by atomic mass is 10.2. The van der Waals surface area contributed by atoms with Crippen molar-refractivity contribution in [1.29, 1.82) is 5.26 Å². The van der Waals surface area contributed by atoms with Gasteiger partial charge in [-0.25, -0.2) is 4.98 Å². The zero-order valence-electron chi connectivity index (χ0n) is 14.4. The van der Waals surface area contributed by atoms with E-state index in [4.69, 9.17) is 40.1 Å². The molecule has 0 aliphatic heterocycles. The highest BCUT2D eigenvalue weighted by atomic mass is 35.6. The highest BCUT2D eigenvalue weighted by Crippen LogP contribution is 2.33. The lowest BCUT2D eigenvalue weighted by molar-refractivity contribution is -0.117. The standard InChI is InChI=1S/C18H11Cl3N4O2S2/c19-18(20,21)14(24-15(26)10-4-2-1-3-5-10)16(27)25-17-23-12-7-6-11(28-9-22)8-13(12)29-17/h1-8,14H,(H,24,26)(H,23,25,27)/t14-/m1/s1. The third kappa shape index (κ3) is 5.53. The van der Waals surface area contributed by atoms with E-state index in [-0.39, 0.29) is 5.13 Å². The molecule has 0 radical (unpaired) electrons. The minimum atomic E-state index is -2.08. The number of nitrogens with one attached hydrogen (secondary N) is 2. The van der Waals surface area contributed by atoms with Crippen LogP contribution in [0.5, 0.6) is 0 Å². The minimum absolute atomic E-state index is 0.275. The smallest absolute Gasteiger partial charge is 0.253 e. The van der Waals surface area contributed by atoms with Crippen LogP contribution in [0.2, 0.25) is 0 Å². The van der Waals surface area contributed by atoms with E-state index in [1.165, 1.54) is 11.3 Å². The maximum atomic E-state index is 12.7. The summed E-state index contributed by atoms with van der Waals surface area (Å²) >= 11 is 20.0. The van der Waals surface area contributed by atoms with Crippen LogP contribution < -0.4 is 10.6 Å². The summed E-state index contributed by atoms with van der Waals surface area (Å²) in [6.07, 6.45) is 0. The van der Waals surface area contributed by atoms with Gasteiger partial charge in [-0.15, -0.1) is 0 Å².